The van der Waals surface area contributed by atoms with E-state index in [1.807, 2.05) is 30.3 Å². The van der Waals surface area contributed by atoms with E-state index in [1.54, 1.807) is 0 Å². The minimum absolute atomic E-state index is 0.0464. The zero-order valence-electron chi connectivity index (χ0n) is 9.85. The average Bonchev–Trinajstić information content (AvgIpc) is 2.29. The van der Waals surface area contributed by atoms with E-state index in [0.29, 0.717) is 24.5 Å². The second-order valence-electron chi connectivity index (χ2n) is 4.76. The van der Waals surface area contributed by atoms with Gasteiger partial charge < -0.3 is 4.74 Å². The summed E-state index contributed by atoms with van der Waals surface area (Å²) >= 11 is 0. The number of hydrogen-bond donors (Lipinski definition) is 0. The molecule has 0 spiro atoms. The molecule has 1 fully saturated rings. The Balaban J connectivity index is 2.14. The lowest BCUT2D eigenvalue weighted by molar-refractivity contribution is -0.139. The van der Waals surface area contributed by atoms with Crippen LogP contribution in [0.2, 0.25) is 0 Å². The third-order valence-electron chi connectivity index (χ3n) is 3.10. The number of ether oxygens (including phenoxy) is 1. The fourth-order valence-corrected chi connectivity index (χ4v) is 2.08. The Labute approximate surface area is 96.6 Å². The average molecular weight is 218 g/mol. The number of carbonyl (C=O) groups excluding carboxylic acids is 1. The highest BCUT2D eigenvalue weighted by atomic mass is 16.5. The lowest BCUT2D eigenvalue weighted by atomic mass is 9.92. The molecule has 0 aromatic heterocycles. The van der Waals surface area contributed by atoms with Crippen LogP contribution in [0.15, 0.2) is 30.3 Å². The van der Waals surface area contributed by atoms with E-state index in [9.17, 15) is 4.79 Å². The summed E-state index contributed by atoms with van der Waals surface area (Å²) in [7, 11) is 0. The zero-order chi connectivity index (χ0) is 11.5. The topological polar surface area (TPSA) is 26.3 Å². The summed E-state index contributed by atoms with van der Waals surface area (Å²) in [6, 6.07) is 10.0. The van der Waals surface area contributed by atoms with Crippen LogP contribution in [-0.4, -0.2) is 11.9 Å². The molecule has 86 valence electrons. The molecule has 0 bridgehead atoms. The highest BCUT2D eigenvalue weighted by Crippen LogP contribution is 2.31. The van der Waals surface area contributed by atoms with Gasteiger partial charge >= 0.3 is 0 Å². The van der Waals surface area contributed by atoms with Crippen LogP contribution >= 0.6 is 0 Å². The first-order chi connectivity index (χ1) is 7.66. The third kappa shape index (κ3) is 2.50. The van der Waals surface area contributed by atoms with Crippen molar-refractivity contribution in [2.24, 2.45) is 5.92 Å². The molecule has 1 aromatic carbocycles. The van der Waals surface area contributed by atoms with E-state index in [0.717, 1.165) is 5.56 Å². The van der Waals surface area contributed by atoms with Crippen molar-refractivity contribution in [3.63, 3.8) is 0 Å². The Kier molecular flexibility index (Phi) is 3.39. The van der Waals surface area contributed by atoms with Crippen molar-refractivity contribution in [1.82, 2.24) is 0 Å². The second-order valence-corrected chi connectivity index (χ2v) is 4.76. The Morgan fingerprint density at radius 2 is 1.88 bits per heavy atom. The molecule has 0 amide bonds. The van der Waals surface area contributed by atoms with E-state index >= 15 is 0 Å². The Hall–Kier alpha value is -1.15. The quantitative estimate of drug-likeness (QED) is 0.762. The first kappa shape index (κ1) is 11.3. The smallest absolute Gasteiger partial charge is 0.138 e. The fraction of sp³-hybridized carbons (Fsp3) is 0.500. The van der Waals surface area contributed by atoms with E-state index in [1.165, 1.54) is 0 Å². The molecule has 1 heterocycles. The molecule has 2 atom stereocenters. The molecule has 0 aliphatic carbocycles. The van der Waals surface area contributed by atoms with E-state index in [4.69, 9.17) is 4.74 Å². The summed E-state index contributed by atoms with van der Waals surface area (Å²) in [6.45, 7) is 4.20. The normalized spacial score (nSPS) is 26.1. The third-order valence-corrected chi connectivity index (χ3v) is 3.10. The maximum Gasteiger partial charge on any atom is 0.138 e. The Bertz CT molecular complexity index is 356. The molecule has 1 aliphatic heterocycles. The number of benzene rings is 1. The van der Waals surface area contributed by atoms with Crippen LogP contribution in [-0.2, 0) is 9.53 Å². The number of rotatable bonds is 2. The number of carbonyl (C=O) groups is 1. The van der Waals surface area contributed by atoms with Crippen LogP contribution in [0.1, 0.15) is 38.4 Å². The van der Waals surface area contributed by atoms with Crippen molar-refractivity contribution >= 4 is 5.78 Å². The molecule has 16 heavy (non-hydrogen) atoms. The summed E-state index contributed by atoms with van der Waals surface area (Å²) in [5.74, 6) is 0.717. The Morgan fingerprint density at radius 3 is 2.50 bits per heavy atom. The van der Waals surface area contributed by atoms with E-state index in [2.05, 4.69) is 13.8 Å². The molecule has 0 saturated carbocycles. The van der Waals surface area contributed by atoms with Crippen molar-refractivity contribution < 1.29 is 9.53 Å². The maximum atomic E-state index is 11.7. The van der Waals surface area contributed by atoms with Crippen LogP contribution in [0, 0.1) is 5.92 Å². The van der Waals surface area contributed by atoms with Crippen LogP contribution in [0.25, 0.3) is 0 Å². The van der Waals surface area contributed by atoms with Gasteiger partial charge in [-0.15, -0.1) is 0 Å². The minimum atomic E-state index is -0.0464. The molecule has 1 aromatic rings. The zero-order valence-corrected chi connectivity index (χ0v) is 9.85. The van der Waals surface area contributed by atoms with Crippen molar-refractivity contribution in [1.29, 1.82) is 0 Å². The predicted molar refractivity (Wildman–Crippen MR) is 63.1 cm³/mol. The first-order valence-electron chi connectivity index (χ1n) is 5.89. The molecular weight excluding hydrogens is 200 g/mol. The highest BCUT2D eigenvalue weighted by Gasteiger charge is 2.30. The second kappa shape index (κ2) is 4.79. The summed E-state index contributed by atoms with van der Waals surface area (Å²) < 4.78 is 5.98. The molecule has 1 aliphatic rings. The van der Waals surface area contributed by atoms with Gasteiger partial charge in [0.15, 0.2) is 0 Å². The van der Waals surface area contributed by atoms with Crippen molar-refractivity contribution in [3.8, 4) is 0 Å². The van der Waals surface area contributed by atoms with Crippen LogP contribution < -0.4 is 0 Å². The van der Waals surface area contributed by atoms with Gasteiger partial charge in [0.05, 0.1) is 12.2 Å². The van der Waals surface area contributed by atoms with Gasteiger partial charge in [0, 0.05) is 12.8 Å². The summed E-state index contributed by atoms with van der Waals surface area (Å²) in [6.07, 6.45) is 1.12. The van der Waals surface area contributed by atoms with Gasteiger partial charge in [0.1, 0.15) is 5.78 Å². The molecule has 1 saturated heterocycles. The fourth-order valence-electron chi connectivity index (χ4n) is 2.08. The summed E-state index contributed by atoms with van der Waals surface area (Å²) in [4.78, 5) is 11.7. The highest BCUT2D eigenvalue weighted by molar-refractivity contribution is 5.80. The molecule has 0 N–H and O–H groups in total. The number of hydrogen-bond acceptors (Lipinski definition) is 2. The molecule has 0 radical (unpaired) electrons. The van der Waals surface area contributed by atoms with Crippen LogP contribution in [0.5, 0.6) is 0 Å². The molecule has 0 unspecified atom stereocenters. The summed E-state index contributed by atoms with van der Waals surface area (Å²) in [5.41, 5.74) is 1.11. The van der Waals surface area contributed by atoms with Gasteiger partial charge in [-0.2, -0.15) is 0 Å². The van der Waals surface area contributed by atoms with E-state index < -0.39 is 0 Å². The predicted octanol–water partition coefficient (Wildman–Crippen LogP) is 3.13. The van der Waals surface area contributed by atoms with Gasteiger partial charge in [-0.05, 0) is 11.5 Å². The van der Waals surface area contributed by atoms with Gasteiger partial charge in [-0.25, -0.2) is 0 Å². The number of ketones is 1. The minimum Gasteiger partial charge on any atom is -0.369 e. The lowest BCUT2D eigenvalue weighted by Crippen LogP contribution is -2.32. The standard InChI is InChI=1S/C14H18O2/c1-10(2)13-8-12(15)9-14(16-13)11-6-4-3-5-7-11/h3-7,10,13-14H,8-9H2,1-2H3/t13-,14-/m0/s1. The Morgan fingerprint density at radius 1 is 1.19 bits per heavy atom. The van der Waals surface area contributed by atoms with Crippen molar-refractivity contribution in [2.75, 3.05) is 0 Å². The molecule has 2 heteroatoms. The van der Waals surface area contributed by atoms with E-state index in [-0.39, 0.29) is 12.2 Å². The molecule has 2 nitrogen and oxygen atoms in total. The van der Waals surface area contributed by atoms with Gasteiger partial charge in [-0.1, -0.05) is 44.2 Å². The largest absolute Gasteiger partial charge is 0.369 e. The summed E-state index contributed by atoms with van der Waals surface area (Å²) in [5, 5.41) is 0. The van der Waals surface area contributed by atoms with Crippen molar-refractivity contribution in [2.45, 2.75) is 38.9 Å². The van der Waals surface area contributed by atoms with Gasteiger partial charge in [0.2, 0.25) is 0 Å². The van der Waals surface area contributed by atoms with Gasteiger partial charge in [-0.3, -0.25) is 4.79 Å². The maximum absolute atomic E-state index is 11.7. The van der Waals surface area contributed by atoms with Crippen LogP contribution in [0.4, 0.5) is 0 Å². The number of Topliss-reactive ketones (excluding diaryl/α,β-unsaturated/α-hetero) is 1. The molecule has 2 rings (SSSR count). The molecular formula is C14H18O2. The first-order valence-corrected chi connectivity index (χ1v) is 5.89. The van der Waals surface area contributed by atoms with Crippen LogP contribution in [0.3, 0.4) is 0 Å². The van der Waals surface area contributed by atoms with Crippen molar-refractivity contribution in [3.05, 3.63) is 35.9 Å². The SMILES string of the molecule is CC(C)[C@@H]1CC(=O)C[C@@H](c2ccccc2)O1. The van der Waals surface area contributed by atoms with Gasteiger partial charge in [0.25, 0.3) is 0 Å². The lowest BCUT2D eigenvalue weighted by Gasteiger charge is -2.31. The monoisotopic (exact) mass is 218 g/mol.